The first kappa shape index (κ1) is 19.3. The number of aromatic nitrogens is 1. The summed E-state index contributed by atoms with van der Waals surface area (Å²) in [4.78, 5) is 4.56. The minimum Gasteiger partial charge on any atom is -0.496 e. The van der Waals surface area contributed by atoms with Crippen molar-refractivity contribution in [3.8, 4) is 11.1 Å². The molecular formula is C23H26N2O. The van der Waals surface area contributed by atoms with Gasteiger partial charge in [-0.3, -0.25) is 0 Å². The Balaban J connectivity index is 2.15. The third-order valence-electron chi connectivity index (χ3n) is 4.00. The number of aryl methyl sites for hydroxylation is 2. The molecular weight excluding hydrogens is 320 g/mol. The second-order valence-corrected chi connectivity index (χ2v) is 5.95. The summed E-state index contributed by atoms with van der Waals surface area (Å²) >= 11 is 0. The molecule has 3 heteroatoms. The molecule has 2 rings (SSSR count). The SMILES string of the molecule is C=C\C=C(OC)/C(=C\C)/C=C/Nc1ncc(-c2cccc(C)c2)cc1C. The molecule has 1 N–H and O–H groups in total. The Kier molecular flexibility index (Phi) is 6.98. The molecule has 0 fully saturated rings. The molecule has 0 amide bonds. The molecule has 134 valence electrons. The Bertz CT molecular complexity index is 860. The van der Waals surface area contributed by atoms with Crippen molar-refractivity contribution in [2.75, 3.05) is 12.4 Å². The van der Waals surface area contributed by atoms with Crippen LogP contribution in [0.1, 0.15) is 18.1 Å². The molecule has 0 unspecified atom stereocenters. The van der Waals surface area contributed by atoms with Crippen molar-refractivity contribution in [1.82, 2.24) is 4.98 Å². The summed E-state index contributed by atoms with van der Waals surface area (Å²) in [5.41, 5.74) is 5.59. The summed E-state index contributed by atoms with van der Waals surface area (Å²) in [5.74, 6) is 1.60. The van der Waals surface area contributed by atoms with Gasteiger partial charge in [0, 0.05) is 23.5 Å². The largest absolute Gasteiger partial charge is 0.496 e. The van der Waals surface area contributed by atoms with Crippen molar-refractivity contribution < 1.29 is 4.74 Å². The molecule has 3 nitrogen and oxygen atoms in total. The number of allylic oxidation sites excluding steroid dienone is 4. The molecule has 2 aromatic rings. The number of pyridine rings is 1. The molecule has 1 aromatic carbocycles. The summed E-state index contributed by atoms with van der Waals surface area (Å²) in [6.07, 6.45) is 11.2. The topological polar surface area (TPSA) is 34.1 Å². The normalized spacial score (nSPS) is 12.3. The fourth-order valence-corrected chi connectivity index (χ4v) is 2.63. The van der Waals surface area contributed by atoms with Crippen LogP contribution in [-0.4, -0.2) is 12.1 Å². The predicted octanol–water partition coefficient (Wildman–Crippen LogP) is 5.95. The van der Waals surface area contributed by atoms with E-state index in [0.29, 0.717) is 0 Å². The minimum atomic E-state index is 0.764. The summed E-state index contributed by atoms with van der Waals surface area (Å²) in [6.45, 7) is 9.83. The molecule has 26 heavy (non-hydrogen) atoms. The number of anilines is 1. The fourth-order valence-electron chi connectivity index (χ4n) is 2.63. The lowest BCUT2D eigenvalue weighted by Crippen LogP contribution is -1.97. The van der Waals surface area contributed by atoms with E-state index < -0.39 is 0 Å². The van der Waals surface area contributed by atoms with Crippen LogP contribution in [0.3, 0.4) is 0 Å². The Morgan fingerprint density at radius 2 is 2.00 bits per heavy atom. The van der Waals surface area contributed by atoms with Crippen LogP contribution in [0.4, 0.5) is 5.82 Å². The molecule has 0 atom stereocenters. The van der Waals surface area contributed by atoms with Crippen LogP contribution in [0, 0.1) is 13.8 Å². The van der Waals surface area contributed by atoms with Gasteiger partial charge in [0.1, 0.15) is 11.6 Å². The van der Waals surface area contributed by atoms with E-state index in [2.05, 4.69) is 61.1 Å². The number of methoxy groups -OCH3 is 1. The molecule has 0 aliphatic rings. The van der Waals surface area contributed by atoms with Crippen LogP contribution in [0.5, 0.6) is 0 Å². The third kappa shape index (κ3) is 4.96. The first-order valence-electron chi connectivity index (χ1n) is 8.59. The second kappa shape index (κ2) is 9.42. The lowest BCUT2D eigenvalue weighted by molar-refractivity contribution is 0.302. The standard InChI is InChI=1S/C23H26N2O/c1-6-9-22(26-5)19(7-2)12-13-24-23-18(4)15-21(16-25-23)20-11-8-10-17(3)14-20/h6-16H,1H2,2-5H3,(H,24,25)/b13-12+,19-7-,22-9+. The van der Waals surface area contributed by atoms with Crippen LogP contribution in [-0.2, 0) is 4.74 Å². The van der Waals surface area contributed by atoms with E-state index in [1.54, 1.807) is 13.2 Å². The van der Waals surface area contributed by atoms with E-state index in [9.17, 15) is 0 Å². The van der Waals surface area contributed by atoms with E-state index in [0.717, 1.165) is 28.3 Å². The van der Waals surface area contributed by atoms with Gasteiger partial charge in [-0.05, 0) is 50.1 Å². The highest BCUT2D eigenvalue weighted by molar-refractivity contribution is 5.66. The molecule has 0 spiro atoms. The van der Waals surface area contributed by atoms with E-state index in [1.807, 2.05) is 37.5 Å². The van der Waals surface area contributed by atoms with E-state index in [-0.39, 0.29) is 0 Å². The summed E-state index contributed by atoms with van der Waals surface area (Å²) in [5, 5.41) is 3.25. The quantitative estimate of drug-likeness (QED) is 0.496. The highest BCUT2D eigenvalue weighted by Gasteiger charge is 2.04. The zero-order valence-electron chi connectivity index (χ0n) is 15.9. The van der Waals surface area contributed by atoms with Gasteiger partial charge in [-0.1, -0.05) is 48.6 Å². The van der Waals surface area contributed by atoms with Gasteiger partial charge in [-0.15, -0.1) is 0 Å². The van der Waals surface area contributed by atoms with Gasteiger partial charge in [-0.2, -0.15) is 0 Å². The van der Waals surface area contributed by atoms with Gasteiger partial charge < -0.3 is 10.1 Å². The summed E-state index contributed by atoms with van der Waals surface area (Å²) in [7, 11) is 1.65. The number of nitrogens with zero attached hydrogens (tertiary/aromatic N) is 1. The van der Waals surface area contributed by atoms with Crippen molar-refractivity contribution in [1.29, 1.82) is 0 Å². The monoisotopic (exact) mass is 346 g/mol. The smallest absolute Gasteiger partial charge is 0.132 e. The minimum absolute atomic E-state index is 0.764. The molecule has 0 aliphatic carbocycles. The Morgan fingerprint density at radius 1 is 1.19 bits per heavy atom. The van der Waals surface area contributed by atoms with E-state index >= 15 is 0 Å². The van der Waals surface area contributed by atoms with E-state index in [1.165, 1.54) is 11.1 Å². The Morgan fingerprint density at radius 3 is 2.62 bits per heavy atom. The van der Waals surface area contributed by atoms with Gasteiger partial charge in [0.2, 0.25) is 0 Å². The van der Waals surface area contributed by atoms with Gasteiger partial charge in [0.05, 0.1) is 7.11 Å². The highest BCUT2D eigenvalue weighted by atomic mass is 16.5. The van der Waals surface area contributed by atoms with Crippen molar-refractivity contribution in [2.45, 2.75) is 20.8 Å². The van der Waals surface area contributed by atoms with Gasteiger partial charge >= 0.3 is 0 Å². The predicted molar refractivity (Wildman–Crippen MR) is 111 cm³/mol. The summed E-state index contributed by atoms with van der Waals surface area (Å²) < 4.78 is 5.37. The van der Waals surface area contributed by atoms with Crippen molar-refractivity contribution in [2.24, 2.45) is 0 Å². The first-order chi connectivity index (χ1) is 12.6. The van der Waals surface area contributed by atoms with Crippen LogP contribution in [0.2, 0.25) is 0 Å². The maximum Gasteiger partial charge on any atom is 0.132 e. The zero-order chi connectivity index (χ0) is 18.9. The number of ether oxygens (including phenoxy) is 1. The van der Waals surface area contributed by atoms with Crippen molar-refractivity contribution in [3.05, 3.63) is 96.1 Å². The Hall–Kier alpha value is -3.07. The average Bonchev–Trinajstić information content (AvgIpc) is 2.65. The number of rotatable bonds is 7. The number of nitrogens with one attached hydrogen (secondary N) is 1. The van der Waals surface area contributed by atoms with Gasteiger partial charge in [-0.25, -0.2) is 4.98 Å². The average molecular weight is 346 g/mol. The fraction of sp³-hybridized carbons (Fsp3) is 0.174. The second-order valence-electron chi connectivity index (χ2n) is 5.95. The number of hydrogen-bond acceptors (Lipinski definition) is 3. The molecule has 0 saturated heterocycles. The molecule has 1 aromatic heterocycles. The molecule has 0 radical (unpaired) electrons. The molecule has 0 bridgehead atoms. The number of hydrogen-bond donors (Lipinski definition) is 1. The molecule has 0 saturated carbocycles. The molecule has 1 heterocycles. The summed E-state index contributed by atoms with van der Waals surface area (Å²) in [6, 6.07) is 10.6. The van der Waals surface area contributed by atoms with Crippen molar-refractivity contribution in [3.63, 3.8) is 0 Å². The number of benzene rings is 1. The first-order valence-corrected chi connectivity index (χ1v) is 8.59. The maximum atomic E-state index is 5.37. The lowest BCUT2D eigenvalue weighted by Gasteiger charge is -2.09. The van der Waals surface area contributed by atoms with Gasteiger partial charge in [0.25, 0.3) is 0 Å². The van der Waals surface area contributed by atoms with E-state index in [4.69, 9.17) is 4.74 Å². The highest BCUT2D eigenvalue weighted by Crippen LogP contribution is 2.23. The van der Waals surface area contributed by atoms with Crippen molar-refractivity contribution >= 4 is 5.82 Å². The van der Waals surface area contributed by atoms with Crippen LogP contribution >= 0.6 is 0 Å². The lowest BCUT2D eigenvalue weighted by atomic mass is 10.0. The van der Waals surface area contributed by atoms with Gasteiger partial charge in [0.15, 0.2) is 0 Å². The Labute approximate surface area is 156 Å². The van der Waals surface area contributed by atoms with Crippen LogP contribution in [0.15, 0.2) is 84.9 Å². The van der Waals surface area contributed by atoms with Crippen LogP contribution < -0.4 is 5.32 Å². The third-order valence-corrected chi connectivity index (χ3v) is 4.00. The molecule has 0 aliphatic heterocycles. The zero-order valence-corrected chi connectivity index (χ0v) is 15.9. The maximum absolute atomic E-state index is 5.37. The van der Waals surface area contributed by atoms with Crippen LogP contribution in [0.25, 0.3) is 11.1 Å².